The molecular weight excluding hydrogens is 350 g/mol. The average Bonchev–Trinajstić information content (AvgIpc) is 3.02. The van der Waals surface area contributed by atoms with Crippen LogP contribution < -0.4 is 5.73 Å². The molecule has 1 aliphatic heterocycles. The third-order valence-electron chi connectivity index (χ3n) is 6.54. The highest BCUT2D eigenvalue weighted by atomic mass is 19.3. The van der Waals surface area contributed by atoms with Crippen molar-refractivity contribution in [2.24, 2.45) is 17.1 Å². The second kappa shape index (κ2) is 7.47. The molecule has 1 heterocycles. The molecule has 3 rings (SSSR count). The summed E-state index contributed by atoms with van der Waals surface area (Å²) in [5.74, 6) is -4.04. The standard InChI is InChI=1S/C21H30F2N2O2/c1-19(9-12-24)10-13-25(14-11-19)18(26)21(27,16-5-3-2-4-6-16)17-7-8-20(22,23)15-17/h2-6,17,27H,7-15,24H2,1H3/t17-,21+/m1/s1. The maximum absolute atomic E-state index is 13.9. The summed E-state index contributed by atoms with van der Waals surface area (Å²) in [5, 5.41) is 11.5. The monoisotopic (exact) mass is 380 g/mol. The van der Waals surface area contributed by atoms with Crippen molar-refractivity contribution >= 4 is 5.91 Å². The fourth-order valence-corrected chi connectivity index (χ4v) is 4.62. The highest BCUT2D eigenvalue weighted by molar-refractivity contribution is 5.87. The van der Waals surface area contributed by atoms with E-state index in [1.807, 2.05) is 0 Å². The van der Waals surface area contributed by atoms with Crippen molar-refractivity contribution in [2.45, 2.75) is 57.0 Å². The van der Waals surface area contributed by atoms with Gasteiger partial charge in [0.05, 0.1) is 0 Å². The number of benzene rings is 1. The van der Waals surface area contributed by atoms with E-state index in [0.29, 0.717) is 25.2 Å². The number of carbonyl (C=O) groups is 1. The van der Waals surface area contributed by atoms with E-state index in [1.165, 1.54) is 0 Å². The Morgan fingerprint density at radius 2 is 1.89 bits per heavy atom. The van der Waals surface area contributed by atoms with Gasteiger partial charge in [-0.2, -0.15) is 0 Å². The number of nitrogens with zero attached hydrogens (tertiary/aromatic N) is 1. The van der Waals surface area contributed by atoms with E-state index in [1.54, 1.807) is 35.2 Å². The summed E-state index contributed by atoms with van der Waals surface area (Å²) in [5.41, 5.74) is 4.31. The Labute approximate surface area is 159 Å². The minimum atomic E-state index is -2.82. The molecule has 1 saturated heterocycles. The van der Waals surface area contributed by atoms with E-state index in [9.17, 15) is 18.7 Å². The molecule has 0 unspecified atom stereocenters. The molecule has 1 aliphatic carbocycles. The molecule has 2 aliphatic rings. The fourth-order valence-electron chi connectivity index (χ4n) is 4.62. The van der Waals surface area contributed by atoms with Crippen molar-refractivity contribution in [3.63, 3.8) is 0 Å². The lowest BCUT2D eigenvalue weighted by atomic mass is 9.75. The van der Waals surface area contributed by atoms with Crippen LogP contribution in [-0.2, 0) is 10.4 Å². The van der Waals surface area contributed by atoms with Crippen molar-refractivity contribution in [1.82, 2.24) is 4.90 Å². The molecule has 150 valence electrons. The molecule has 1 amide bonds. The normalized spacial score (nSPS) is 26.6. The molecule has 1 aromatic rings. The van der Waals surface area contributed by atoms with Gasteiger partial charge in [0.2, 0.25) is 5.92 Å². The van der Waals surface area contributed by atoms with E-state index in [2.05, 4.69) is 6.92 Å². The molecule has 4 nitrogen and oxygen atoms in total. The van der Waals surface area contributed by atoms with Gasteiger partial charge in [-0.05, 0) is 43.2 Å². The lowest BCUT2D eigenvalue weighted by Crippen LogP contribution is -2.54. The van der Waals surface area contributed by atoms with Crippen LogP contribution in [-0.4, -0.2) is 41.5 Å². The van der Waals surface area contributed by atoms with E-state index in [-0.39, 0.29) is 18.3 Å². The summed E-state index contributed by atoms with van der Waals surface area (Å²) >= 11 is 0. The van der Waals surface area contributed by atoms with Crippen LogP contribution in [0.3, 0.4) is 0 Å². The molecule has 0 radical (unpaired) electrons. The van der Waals surface area contributed by atoms with E-state index in [4.69, 9.17) is 5.73 Å². The van der Waals surface area contributed by atoms with Gasteiger partial charge in [0.25, 0.3) is 5.91 Å². The summed E-state index contributed by atoms with van der Waals surface area (Å²) in [6.45, 7) is 3.82. The molecule has 27 heavy (non-hydrogen) atoms. The lowest BCUT2D eigenvalue weighted by molar-refractivity contribution is -0.162. The highest BCUT2D eigenvalue weighted by Gasteiger charge is 2.54. The van der Waals surface area contributed by atoms with E-state index in [0.717, 1.165) is 19.3 Å². The van der Waals surface area contributed by atoms with Crippen LogP contribution >= 0.6 is 0 Å². The number of rotatable bonds is 5. The first-order valence-electron chi connectivity index (χ1n) is 9.85. The van der Waals surface area contributed by atoms with Crippen LogP contribution in [0.1, 0.15) is 51.0 Å². The van der Waals surface area contributed by atoms with Crippen LogP contribution in [0.15, 0.2) is 30.3 Å². The molecule has 2 atom stereocenters. The maximum Gasteiger partial charge on any atom is 0.259 e. The van der Waals surface area contributed by atoms with Gasteiger partial charge < -0.3 is 15.7 Å². The number of carbonyl (C=O) groups excluding carboxylic acids is 1. The summed E-state index contributed by atoms with van der Waals surface area (Å²) in [6.07, 6.45) is 1.91. The van der Waals surface area contributed by atoms with Crippen LogP contribution in [0.4, 0.5) is 8.78 Å². The van der Waals surface area contributed by atoms with Gasteiger partial charge in [0.1, 0.15) is 0 Å². The minimum Gasteiger partial charge on any atom is -0.375 e. The van der Waals surface area contributed by atoms with Crippen LogP contribution in [0.25, 0.3) is 0 Å². The first-order chi connectivity index (χ1) is 12.7. The molecule has 0 spiro atoms. The van der Waals surface area contributed by atoms with Gasteiger partial charge in [-0.15, -0.1) is 0 Å². The van der Waals surface area contributed by atoms with E-state index < -0.39 is 29.8 Å². The number of likely N-dealkylation sites (tertiary alicyclic amines) is 1. The molecule has 6 heteroatoms. The smallest absolute Gasteiger partial charge is 0.259 e. The molecule has 1 aromatic carbocycles. The highest BCUT2D eigenvalue weighted by Crippen LogP contribution is 2.48. The first kappa shape index (κ1) is 20.2. The maximum atomic E-state index is 13.9. The summed E-state index contributed by atoms with van der Waals surface area (Å²) in [7, 11) is 0. The Morgan fingerprint density at radius 3 is 2.41 bits per heavy atom. The van der Waals surface area contributed by atoms with Crippen molar-refractivity contribution in [2.75, 3.05) is 19.6 Å². The second-order valence-electron chi connectivity index (χ2n) is 8.57. The fraction of sp³-hybridized carbons (Fsp3) is 0.667. The van der Waals surface area contributed by atoms with Crippen molar-refractivity contribution in [3.8, 4) is 0 Å². The van der Waals surface area contributed by atoms with Crippen molar-refractivity contribution < 1.29 is 18.7 Å². The predicted molar refractivity (Wildman–Crippen MR) is 100 cm³/mol. The van der Waals surface area contributed by atoms with Gasteiger partial charge in [-0.1, -0.05) is 37.3 Å². The SMILES string of the molecule is CC1(CCN)CCN(C(=O)[C@](O)(c2ccccc2)[C@@H]2CCC(F)(F)C2)CC1. The number of nitrogens with two attached hydrogens (primary N) is 1. The number of amides is 1. The van der Waals surface area contributed by atoms with E-state index >= 15 is 0 Å². The first-order valence-corrected chi connectivity index (χ1v) is 9.85. The van der Waals surface area contributed by atoms with Crippen LogP contribution in [0, 0.1) is 11.3 Å². The molecule has 0 aromatic heterocycles. The Bertz CT molecular complexity index is 659. The Morgan fingerprint density at radius 1 is 1.26 bits per heavy atom. The molecular formula is C21H30F2N2O2. The third kappa shape index (κ3) is 4.02. The van der Waals surface area contributed by atoms with Gasteiger partial charge >= 0.3 is 0 Å². The largest absolute Gasteiger partial charge is 0.375 e. The van der Waals surface area contributed by atoms with Gasteiger partial charge in [0, 0.05) is 31.8 Å². The second-order valence-corrected chi connectivity index (χ2v) is 8.57. The van der Waals surface area contributed by atoms with Crippen molar-refractivity contribution in [1.29, 1.82) is 0 Å². The van der Waals surface area contributed by atoms with Gasteiger partial charge in [0.15, 0.2) is 5.60 Å². The molecule has 3 N–H and O–H groups in total. The predicted octanol–water partition coefficient (Wildman–Crippen LogP) is 3.29. The number of halogens is 2. The third-order valence-corrected chi connectivity index (χ3v) is 6.54. The number of alkyl halides is 2. The molecule has 2 fully saturated rings. The number of hydrogen-bond acceptors (Lipinski definition) is 3. The quantitative estimate of drug-likeness (QED) is 0.824. The average molecular weight is 380 g/mol. The Kier molecular flexibility index (Phi) is 5.59. The van der Waals surface area contributed by atoms with Crippen molar-refractivity contribution in [3.05, 3.63) is 35.9 Å². The molecule has 0 bridgehead atoms. The van der Waals surface area contributed by atoms with Crippen LogP contribution in [0.2, 0.25) is 0 Å². The minimum absolute atomic E-state index is 0.0940. The topological polar surface area (TPSA) is 66.6 Å². The number of aliphatic hydroxyl groups is 1. The summed E-state index contributed by atoms with van der Waals surface area (Å²) < 4.78 is 27.8. The summed E-state index contributed by atoms with van der Waals surface area (Å²) in [4.78, 5) is 15.0. The summed E-state index contributed by atoms with van der Waals surface area (Å²) in [6, 6.07) is 8.58. The number of hydrogen-bond donors (Lipinski definition) is 2. The molecule has 1 saturated carbocycles. The zero-order valence-electron chi connectivity index (χ0n) is 16.0. The Balaban J connectivity index is 1.85. The zero-order valence-corrected chi connectivity index (χ0v) is 16.0. The van der Waals surface area contributed by atoms with Gasteiger partial charge in [-0.25, -0.2) is 8.78 Å². The van der Waals surface area contributed by atoms with Gasteiger partial charge in [-0.3, -0.25) is 4.79 Å². The Hall–Kier alpha value is -1.53. The zero-order chi connectivity index (χ0) is 19.7. The van der Waals surface area contributed by atoms with Crippen LogP contribution in [0.5, 0.6) is 0 Å². The lowest BCUT2D eigenvalue weighted by Gasteiger charge is -2.43. The number of piperidine rings is 1.